The molecule has 0 bridgehead atoms. The Morgan fingerprint density at radius 2 is 1.81 bits per heavy atom. The molecule has 2 saturated heterocycles. The van der Waals surface area contributed by atoms with Crippen molar-refractivity contribution in [2.75, 3.05) is 29.4 Å². The molecule has 2 aliphatic rings. The number of carbonyl (C=O) groups is 3. The van der Waals surface area contributed by atoms with Gasteiger partial charge < -0.3 is 20.2 Å². The molecular formula is C20H27N3O4. The lowest BCUT2D eigenvalue weighted by Crippen LogP contribution is -2.44. The molecule has 7 nitrogen and oxygen atoms in total. The van der Waals surface area contributed by atoms with Crippen LogP contribution in [-0.4, -0.2) is 48.6 Å². The summed E-state index contributed by atoms with van der Waals surface area (Å²) >= 11 is 0. The third-order valence-electron chi connectivity index (χ3n) is 5.32. The Hall–Kier alpha value is -2.57. The van der Waals surface area contributed by atoms with Crippen molar-refractivity contribution in [3.63, 3.8) is 0 Å². The third kappa shape index (κ3) is 4.40. The Balaban J connectivity index is 1.62. The van der Waals surface area contributed by atoms with Gasteiger partial charge in [-0.3, -0.25) is 9.59 Å². The summed E-state index contributed by atoms with van der Waals surface area (Å²) in [5, 5.41) is 11.8. The highest BCUT2D eigenvalue weighted by Gasteiger charge is 2.36. The summed E-state index contributed by atoms with van der Waals surface area (Å²) in [7, 11) is 0. The summed E-state index contributed by atoms with van der Waals surface area (Å²) in [6, 6.07) is 6.98. The van der Waals surface area contributed by atoms with Crippen LogP contribution < -0.4 is 15.1 Å². The summed E-state index contributed by atoms with van der Waals surface area (Å²) in [4.78, 5) is 40.0. The molecule has 2 heterocycles. The number of benzene rings is 1. The second-order valence-corrected chi connectivity index (χ2v) is 7.30. The van der Waals surface area contributed by atoms with Gasteiger partial charge in [0, 0.05) is 37.4 Å². The summed E-state index contributed by atoms with van der Waals surface area (Å²) < 4.78 is 0. The summed E-state index contributed by atoms with van der Waals surface area (Å²) in [5.41, 5.74) is 1.93. The number of amides is 2. The molecule has 2 unspecified atom stereocenters. The van der Waals surface area contributed by atoms with Gasteiger partial charge in [0.1, 0.15) is 6.04 Å². The molecule has 0 radical (unpaired) electrons. The minimum Gasteiger partial charge on any atom is -0.480 e. The standard InChI is InChI=1S/C20H27N3O4/c1-2-5-17(20(26)27)21-19(25)14-12-18(24)23(13-14)16-8-6-15(7-9-16)22-10-3-4-11-22/h6-9,14,17H,2-5,10-13H2,1H3,(H,21,25)(H,26,27). The van der Waals surface area contributed by atoms with E-state index >= 15 is 0 Å². The number of rotatable bonds is 7. The number of nitrogens with zero attached hydrogens (tertiary/aromatic N) is 2. The van der Waals surface area contributed by atoms with E-state index in [9.17, 15) is 19.5 Å². The highest BCUT2D eigenvalue weighted by atomic mass is 16.4. The Morgan fingerprint density at radius 1 is 1.19 bits per heavy atom. The lowest BCUT2D eigenvalue weighted by molar-refractivity contribution is -0.142. The second-order valence-electron chi connectivity index (χ2n) is 7.30. The van der Waals surface area contributed by atoms with Crippen LogP contribution in [0.3, 0.4) is 0 Å². The van der Waals surface area contributed by atoms with Gasteiger partial charge in [-0.1, -0.05) is 13.3 Å². The number of hydrogen-bond donors (Lipinski definition) is 2. The zero-order chi connectivity index (χ0) is 19.4. The first-order chi connectivity index (χ1) is 13.0. The largest absolute Gasteiger partial charge is 0.480 e. The Kier molecular flexibility index (Phi) is 5.98. The molecule has 2 fully saturated rings. The highest BCUT2D eigenvalue weighted by molar-refractivity contribution is 6.00. The fourth-order valence-corrected chi connectivity index (χ4v) is 3.79. The quantitative estimate of drug-likeness (QED) is 0.763. The van der Waals surface area contributed by atoms with E-state index in [-0.39, 0.29) is 24.8 Å². The molecule has 1 aromatic carbocycles. The van der Waals surface area contributed by atoms with Gasteiger partial charge in [0.15, 0.2) is 0 Å². The van der Waals surface area contributed by atoms with Crippen molar-refractivity contribution in [2.24, 2.45) is 5.92 Å². The van der Waals surface area contributed by atoms with Crippen molar-refractivity contribution in [1.82, 2.24) is 5.32 Å². The molecule has 2 atom stereocenters. The van der Waals surface area contributed by atoms with Gasteiger partial charge in [-0.25, -0.2) is 4.79 Å². The molecule has 1 aromatic rings. The molecule has 0 spiro atoms. The first kappa shape index (κ1) is 19.2. The molecule has 2 aliphatic heterocycles. The van der Waals surface area contributed by atoms with E-state index in [1.165, 1.54) is 12.8 Å². The topological polar surface area (TPSA) is 90.0 Å². The van der Waals surface area contributed by atoms with E-state index in [0.29, 0.717) is 12.8 Å². The number of aliphatic carboxylic acids is 1. The number of carbonyl (C=O) groups excluding carboxylic acids is 2. The van der Waals surface area contributed by atoms with Crippen molar-refractivity contribution in [3.05, 3.63) is 24.3 Å². The minimum absolute atomic E-state index is 0.105. The smallest absolute Gasteiger partial charge is 0.326 e. The Morgan fingerprint density at radius 3 is 2.41 bits per heavy atom. The average molecular weight is 373 g/mol. The number of nitrogens with one attached hydrogen (secondary N) is 1. The zero-order valence-corrected chi connectivity index (χ0v) is 15.7. The summed E-state index contributed by atoms with van der Waals surface area (Å²) in [5.74, 6) is -2.02. The molecule has 0 saturated carbocycles. The maximum absolute atomic E-state index is 12.4. The predicted octanol–water partition coefficient (Wildman–Crippen LogP) is 2.01. The molecule has 3 rings (SSSR count). The van der Waals surface area contributed by atoms with Gasteiger partial charge in [-0.05, 0) is 43.5 Å². The van der Waals surface area contributed by atoms with Crippen LogP contribution >= 0.6 is 0 Å². The number of anilines is 2. The minimum atomic E-state index is -1.04. The third-order valence-corrected chi connectivity index (χ3v) is 5.32. The lowest BCUT2D eigenvalue weighted by atomic mass is 10.1. The molecular weight excluding hydrogens is 346 g/mol. The van der Waals surface area contributed by atoms with Gasteiger partial charge in [0.25, 0.3) is 0 Å². The zero-order valence-electron chi connectivity index (χ0n) is 15.7. The van der Waals surface area contributed by atoms with Crippen molar-refractivity contribution in [1.29, 1.82) is 0 Å². The summed E-state index contributed by atoms with van der Waals surface area (Å²) in [6.07, 6.45) is 3.56. The van der Waals surface area contributed by atoms with E-state index in [4.69, 9.17) is 0 Å². The molecule has 7 heteroatoms. The number of carboxylic acid groups (broad SMARTS) is 1. The molecule has 146 valence electrons. The maximum atomic E-state index is 12.4. The average Bonchev–Trinajstić information content (AvgIpc) is 3.31. The Bertz CT molecular complexity index is 698. The van der Waals surface area contributed by atoms with Crippen LogP contribution in [0, 0.1) is 5.92 Å². The molecule has 0 aliphatic carbocycles. The SMILES string of the molecule is CCCC(NC(=O)C1CC(=O)N(c2ccc(N3CCCC3)cc2)C1)C(=O)O. The lowest BCUT2D eigenvalue weighted by Gasteiger charge is -2.21. The predicted molar refractivity (Wildman–Crippen MR) is 103 cm³/mol. The number of carboxylic acids is 1. The second kappa shape index (κ2) is 8.41. The first-order valence-corrected chi connectivity index (χ1v) is 9.68. The Labute approximate surface area is 159 Å². The van der Waals surface area contributed by atoms with Gasteiger partial charge in [-0.15, -0.1) is 0 Å². The van der Waals surface area contributed by atoms with Crippen molar-refractivity contribution < 1.29 is 19.5 Å². The van der Waals surface area contributed by atoms with Crippen LogP contribution in [0.4, 0.5) is 11.4 Å². The maximum Gasteiger partial charge on any atom is 0.326 e. The van der Waals surface area contributed by atoms with E-state index in [1.807, 2.05) is 31.2 Å². The van der Waals surface area contributed by atoms with E-state index in [0.717, 1.165) is 24.5 Å². The van der Waals surface area contributed by atoms with Crippen LogP contribution in [0.2, 0.25) is 0 Å². The van der Waals surface area contributed by atoms with Crippen molar-refractivity contribution >= 4 is 29.2 Å². The molecule has 2 N–H and O–H groups in total. The van der Waals surface area contributed by atoms with E-state index in [2.05, 4.69) is 10.2 Å². The molecule has 2 amide bonds. The molecule has 0 aromatic heterocycles. The van der Waals surface area contributed by atoms with E-state index in [1.54, 1.807) is 4.90 Å². The van der Waals surface area contributed by atoms with Crippen LogP contribution in [0.25, 0.3) is 0 Å². The van der Waals surface area contributed by atoms with Gasteiger partial charge >= 0.3 is 5.97 Å². The van der Waals surface area contributed by atoms with Crippen molar-refractivity contribution in [2.45, 2.75) is 45.1 Å². The fraction of sp³-hybridized carbons (Fsp3) is 0.550. The fourth-order valence-electron chi connectivity index (χ4n) is 3.79. The van der Waals surface area contributed by atoms with Gasteiger partial charge in [0.2, 0.25) is 11.8 Å². The van der Waals surface area contributed by atoms with Gasteiger partial charge in [-0.2, -0.15) is 0 Å². The highest BCUT2D eigenvalue weighted by Crippen LogP contribution is 2.28. The van der Waals surface area contributed by atoms with Crippen molar-refractivity contribution in [3.8, 4) is 0 Å². The number of hydrogen-bond acceptors (Lipinski definition) is 4. The van der Waals surface area contributed by atoms with Crippen LogP contribution in [0.1, 0.15) is 39.0 Å². The van der Waals surface area contributed by atoms with E-state index < -0.39 is 17.9 Å². The first-order valence-electron chi connectivity index (χ1n) is 9.68. The summed E-state index contributed by atoms with van der Waals surface area (Å²) in [6.45, 7) is 4.28. The van der Waals surface area contributed by atoms with Crippen LogP contribution in [-0.2, 0) is 14.4 Å². The monoisotopic (exact) mass is 373 g/mol. The normalized spacial score (nSPS) is 20.8. The van der Waals surface area contributed by atoms with Crippen LogP contribution in [0.5, 0.6) is 0 Å². The van der Waals surface area contributed by atoms with Gasteiger partial charge in [0.05, 0.1) is 5.92 Å². The molecule has 27 heavy (non-hydrogen) atoms. The van der Waals surface area contributed by atoms with Crippen LogP contribution in [0.15, 0.2) is 24.3 Å².